The number of rotatable bonds is 10. The molecule has 0 saturated heterocycles. The van der Waals surface area contributed by atoms with Crippen molar-refractivity contribution in [3.8, 4) is 11.5 Å². The average Bonchev–Trinajstić information content (AvgIpc) is 3.02. The van der Waals surface area contributed by atoms with E-state index in [1.165, 1.54) is 21.9 Å². The van der Waals surface area contributed by atoms with E-state index >= 15 is 0 Å². The maximum Gasteiger partial charge on any atom is 0.154 e. The molecule has 0 N–H and O–H groups in total. The summed E-state index contributed by atoms with van der Waals surface area (Å²) < 4.78 is 7.02. The lowest BCUT2D eigenvalue weighted by Crippen LogP contribution is -2.00. The van der Waals surface area contributed by atoms with Crippen LogP contribution >= 0.6 is 23.2 Å². The first-order valence-electron chi connectivity index (χ1n) is 14.4. The second-order valence-electron chi connectivity index (χ2n) is 10.7. The average molecular weight is 600 g/mol. The van der Waals surface area contributed by atoms with Crippen LogP contribution in [0.25, 0.3) is 43.1 Å². The van der Waals surface area contributed by atoms with Gasteiger partial charge in [-0.15, -0.1) is 26.3 Å². The molecule has 1 nitrogen and oxygen atoms in total. The van der Waals surface area contributed by atoms with Gasteiger partial charge in [0.25, 0.3) is 0 Å². The molecule has 0 radical (unpaired) electrons. The minimum absolute atomic E-state index is 0.517. The van der Waals surface area contributed by atoms with Crippen LogP contribution in [0, 0.1) is 0 Å². The van der Waals surface area contributed by atoms with Gasteiger partial charge in [-0.3, -0.25) is 0 Å². The first-order valence-corrected chi connectivity index (χ1v) is 15.2. The summed E-state index contributed by atoms with van der Waals surface area (Å²) in [5, 5.41) is 9.80. The first kappa shape index (κ1) is 28.8. The lowest BCUT2D eigenvalue weighted by molar-refractivity contribution is 0.494. The molecule has 0 aromatic heterocycles. The quantitative estimate of drug-likeness (QED) is 0.112. The van der Waals surface area contributed by atoms with Crippen molar-refractivity contribution < 1.29 is 4.74 Å². The fourth-order valence-electron chi connectivity index (χ4n) is 6.54. The Kier molecular flexibility index (Phi) is 8.13. The standard InChI is InChI=1S/C40H32Cl2O/c1-5-13-25-27-17-9-11-19-29(27)31(15-7-3)37-33(25)21-23-35(41)39(37)43-40-36(42)24-22-34-26(14-6-2)28-18-10-12-20-30(28)32(16-8-4)38(34)40/h5-12,17-24H,1-4,13-16H2. The van der Waals surface area contributed by atoms with Crippen LogP contribution < -0.4 is 4.74 Å². The summed E-state index contributed by atoms with van der Waals surface area (Å²) >= 11 is 14.1. The van der Waals surface area contributed by atoms with Gasteiger partial charge in [0, 0.05) is 10.8 Å². The molecule has 0 atom stereocenters. The number of hydrogen-bond donors (Lipinski definition) is 0. The minimum Gasteiger partial charge on any atom is -0.453 e. The molecule has 3 heteroatoms. The fourth-order valence-corrected chi connectivity index (χ4v) is 6.93. The van der Waals surface area contributed by atoms with Crippen molar-refractivity contribution in [2.45, 2.75) is 25.7 Å². The lowest BCUT2D eigenvalue weighted by Gasteiger charge is -2.22. The SMILES string of the molecule is C=CCc1c2ccccc2c(CC=C)c2c(Oc3c(Cl)ccc4c(CC=C)c5ccccc5c(CC=C)c34)c(Cl)ccc12. The van der Waals surface area contributed by atoms with Gasteiger partial charge in [-0.2, -0.15) is 0 Å². The molecule has 0 aliphatic heterocycles. The van der Waals surface area contributed by atoms with Crippen LogP contribution in [-0.2, 0) is 25.7 Å². The van der Waals surface area contributed by atoms with Gasteiger partial charge in [-0.25, -0.2) is 0 Å². The highest BCUT2D eigenvalue weighted by molar-refractivity contribution is 6.35. The number of benzene rings is 6. The van der Waals surface area contributed by atoms with Gasteiger partial charge < -0.3 is 4.74 Å². The monoisotopic (exact) mass is 598 g/mol. The maximum absolute atomic E-state index is 7.04. The van der Waals surface area contributed by atoms with Crippen LogP contribution in [0.3, 0.4) is 0 Å². The highest BCUT2D eigenvalue weighted by Gasteiger charge is 2.23. The Morgan fingerprint density at radius 1 is 0.442 bits per heavy atom. The predicted molar refractivity (Wildman–Crippen MR) is 189 cm³/mol. The molecule has 0 bridgehead atoms. The van der Waals surface area contributed by atoms with Crippen molar-refractivity contribution in [3.05, 3.63) is 156 Å². The van der Waals surface area contributed by atoms with E-state index in [4.69, 9.17) is 27.9 Å². The van der Waals surface area contributed by atoms with Crippen molar-refractivity contribution in [2.24, 2.45) is 0 Å². The Hall–Kier alpha value is -4.30. The Morgan fingerprint density at radius 3 is 1.12 bits per heavy atom. The summed E-state index contributed by atoms with van der Waals surface area (Å²) in [5.41, 5.74) is 4.61. The van der Waals surface area contributed by atoms with Crippen molar-refractivity contribution in [1.29, 1.82) is 0 Å². The van der Waals surface area contributed by atoms with E-state index in [0.29, 0.717) is 47.2 Å². The number of hydrogen-bond acceptors (Lipinski definition) is 1. The number of allylic oxidation sites excluding steroid dienone is 4. The van der Waals surface area contributed by atoms with Gasteiger partial charge in [0.2, 0.25) is 0 Å². The van der Waals surface area contributed by atoms with Crippen LogP contribution in [0.4, 0.5) is 0 Å². The molecule has 0 saturated carbocycles. The highest BCUT2D eigenvalue weighted by atomic mass is 35.5. The van der Waals surface area contributed by atoms with Crippen LogP contribution in [0.5, 0.6) is 11.5 Å². The van der Waals surface area contributed by atoms with E-state index in [-0.39, 0.29) is 0 Å². The Bertz CT molecular complexity index is 1950. The largest absolute Gasteiger partial charge is 0.453 e. The summed E-state index contributed by atoms with van der Waals surface area (Å²) in [6.45, 7) is 16.3. The molecule has 43 heavy (non-hydrogen) atoms. The van der Waals surface area contributed by atoms with Gasteiger partial charge in [-0.1, -0.05) is 108 Å². The number of ether oxygens (including phenoxy) is 1. The van der Waals surface area contributed by atoms with Crippen LogP contribution in [0.2, 0.25) is 10.0 Å². The Balaban J connectivity index is 1.76. The first-order chi connectivity index (χ1) is 21.0. The molecule has 0 unspecified atom stereocenters. The van der Waals surface area contributed by atoms with Crippen LogP contribution in [0.15, 0.2) is 123 Å². The van der Waals surface area contributed by atoms with Crippen LogP contribution in [-0.4, -0.2) is 0 Å². The zero-order valence-electron chi connectivity index (χ0n) is 24.1. The molecule has 0 spiro atoms. The maximum atomic E-state index is 7.04. The third-order valence-electron chi connectivity index (χ3n) is 8.23. The Morgan fingerprint density at radius 2 is 0.767 bits per heavy atom. The molecule has 0 heterocycles. The summed E-state index contributed by atoms with van der Waals surface area (Å²) in [4.78, 5) is 0. The van der Waals surface area contributed by atoms with Crippen LogP contribution in [0.1, 0.15) is 22.3 Å². The molecule has 6 aromatic rings. The fraction of sp³-hybridized carbons (Fsp3) is 0.100. The zero-order valence-corrected chi connectivity index (χ0v) is 25.6. The van der Waals surface area contributed by atoms with Crippen molar-refractivity contribution in [2.75, 3.05) is 0 Å². The number of fused-ring (bicyclic) bond motifs is 4. The topological polar surface area (TPSA) is 9.23 Å². The lowest BCUT2D eigenvalue weighted by atomic mass is 9.88. The summed E-state index contributed by atoms with van der Waals surface area (Å²) in [6, 6.07) is 25.0. The van der Waals surface area contributed by atoms with Crippen molar-refractivity contribution in [1.82, 2.24) is 0 Å². The zero-order chi connectivity index (χ0) is 30.1. The van der Waals surface area contributed by atoms with E-state index in [1.807, 2.05) is 36.4 Å². The Labute approximate surface area is 263 Å². The summed E-state index contributed by atoms with van der Waals surface area (Å²) in [5.74, 6) is 1.17. The summed E-state index contributed by atoms with van der Waals surface area (Å²) in [7, 11) is 0. The predicted octanol–water partition coefficient (Wildman–Crippen LogP) is 12.3. The highest BCUT2D eigenvalue weighted by Crippen LogP contribution is 2.48. The van der Waals surface area contributed by atoms with E-state index in [9.17, 15) is 0 Å². The van der Waals surface area contributed by atoms with E-state index in [0.717, 1.165) is 43.4 Å². The van der Waals surface area contributed by atoms with Gasteiger partial charge in [0.15, 0.2) is 11.5 Å². The van der Waals surface area contributed by atoms with Crippen molar-refractivity contribution >= 4 is 66.3 Å². The molecule has 0 amide bonds. The normalized spacial score (nSPS) is 11.3. The van der Waals surface area contributed by atoms with Crippen molar-refractivity contribution in [3.63, 3.8) is 0 Å². The van der Waals surface area contributed by atoms with Gasteiger partial charge in [-0.05, 0) is 92.4 Å². The number of halogens is 2. The molecule has 6 aromatic carbocycles. The molecule has 6 rings (SSSR count). The molecular formula is C40H32Cl2O. The minimum atomic E-state index is 0.517. The smallest absolute Gasteiger partial charge is 0.154 e. The van der Waals surface area contributed by atoms with Gasteiger partial charge in [0.1, 0.15) is 0 Å². The molecule has 0 aliphatic rings. The van der Waals surface area contributed by atoms with E-state index in [1.54, 1.807) is 0 Å². The molecular weight excluding hydrogens is 567 g/mol. The molecule has 212 valence electrons. The van der Waals surface area contributed by atoms with Gasteiger partial charge in [0.05, 0.1) is 10.0 Å². The molecule has 0 aliphatic carbocycles. The third-order valence-corrected chi connectivity index (χ3v) is 8.82. The van der Waals surface area contributed by atoms with Gasteiger partial charge >= 0.3 is 0 Å². The second kappa shape index (κ2) is 12.1. The summed E-state index contributed by atoms with van der Waals surface area (Å²) in [6.07, 6.45) is 10.5. The third kappa shape index (κ3) is 4.83. The molecule has 0 fully saturated rings. The van der Waals surface area contributed by atoms with E-state index in [2.05, 4.69) is 87.0 Å². The van der Waals surface area contributed by atoms with E-state index < -0.39 is 0 Å². The second-order valence-corrected chi connectivity index (χ2v) is 11.5.